The number of rotatable bonds is 13. The normalized spacial score (nSPS) is 11.7. The number of carbonyl (C=O) groups excluding carboxylic acids is 2. The van der Waals surface area contributed by atoms with E-state index >= 15 is 0 Å². The third-order valence-electron chi connectivity index (χ3n) is 4.27. The van der Waals surface area contributed by atoms with Gasteiger partial charge in [-0.2, -0.15) is 0 Å². The van der Waals surface area contributed by atoms with Crippen molar-refractivity contribution in [3.05, 3.63) is 23.8 Å². The third kappa shape index (κ3) is 8.37. The zero-order chi connectivity index (χ0) is 19.4. The smallest absolute Gasteiger partial charge is 0.220 e. The average molecular weight is 363 g/mol. The minimum Gasteiger partial charge on any atom is -0.493 e. The van der Waals surface area contributed by atoms with Crippen LogP contribution in [0, 0.1) is 0 Å². The van der Waals surface area contributed by atoms with Crippen LogP contribution in [-0.4, -0.2) is 31.4 Å². The number of benzene rings is 1. The minimum atomic E-state index is -0.0182. The molecule has 1 N–H and O–H groups in total. The molecule has 0 fully saturated rings. The van der Waals surface area contributed by atoms with Crippen molar-refractivity contribution in [1.82, 2.24) is 5.32 Å². The molecule has 0 spiro atoms. The first-order valence-corrected chi connectivity index (χ1v) is 9.59. The van der Waals surface area contributed by atoms with E-state index in [2.05, 4.69) is 19.2 Å². The minimum absolute atomic E-state index is 0.0182. The summed E-state index contributed by atoms with van der Waals surface area (Å²) >= 11 is 0. The molecule has 0 aliphatic rings. The van der Waals surface area contributed by atoms with E-state index in [9.17, 15) is 9.59 Å². The molecule has 5 heteroatoms. The quantitative estimate of drug-likeness (QED) is 0.413. The summed E-state index contributed by atoms with van der Waals surface area (Å²) in [5.41, 5.74) is 0.585. The number of Topliss-reactive ketones (excluding diaryl/α,β-unsaturated/α-hetero) is 1. The van der Waals surface area contributed by atoms with E-state index in [0.29, 0.717) is 36.5 Å². The second-order valence-electron chi connectivity index (χ2n) is 6.69. The monoisotopic (exact) mass is 363 g/mol. The molecule has 1 unspecified atom stereocenters. The molecule has 1 aromatic carbocycles. The van der Waals surface area contributed by atoms with Gasteiger partial charge in [-0.3, -0.25) is 9.59 Å². The zero-order valence-corrected chi connectivity index (χ0v) is 16.6. The topological polar surface area (TPSA) is 64.6 Å². The van der Waals surface area contributed by atoms with Gasteiger partial charge in [0.25, 0.3) is 0 Å². The lowest BCUT2D eigenvalue weighted by Crippen LogP contribution is -2.32. The zero-order valence-electron chi connectivity index (χ0n) is 16.6. The van der Waals surface area contributed by atoms with Crippen LogP contribution in [0.1, 0.15) is 76.1 Å². The van der Waals surface area contributed by atoms with Gasteiger partial charge in [0.1, 0.15) is 0 Å². The lowest BCUT2D eigenvalue weighted by Gasteiger charge is -2.14. The van der Waals surface area contributed by atoms with Gasteiger partial charge in [-0.1, -0.05) is 32.6 Å². The number of carbonyl (C=O) groups is 2. The molecule has 0 aliphatic heterocycles. The Bertz CT molecular complexity index is 571. The van der Waals surface area contributed by atoms with E-state index in [0.717, 1.165) is 12.8 Å². The SMILES string of the molecule is CCCCCCC(C)NC(=O)CCCOc1ccc(C(C)=O)cc1OC. The first-order chi connectivity index (χ1) is 12.5. The fourth-order valence-corrected chi connectivity index (χ4v) is 2.72. The number of hydrogen-bond acceptors (Lipinski definition) is 4. The molecular formula is C21H33NO4. The Balaban J connectivity index is 2.29. The van der Waals surface area contributed by atoms with Gasteiger partial charge in [-0.15, -0.1) is 0 Å². The van der Waals surface area contributed by atoms with Crippen molar-refractivity contribution in [3.63, 3.8) is 0 Å². The van der Waals surface area contributed by atoms with Crippen molar-refractivity contribution >= 4 is 11.7 Å². The summed E-state index contributed by atoms with van der Waals surface area (Å²) in [5, 5.41) is 3.04. The number of unbranched alkanes of at least 4 members (excludes halogenated alkanes) is 3. The number of amides is 1. The Hall–Kier alpha value is -2.04. The predicted octanol–water partition coefficient (Wildman–Crippen LogP) is 4.53. The molecule has 0 heterocycles. The van der Waals surface area contributed by atoms with E-state index in [-0.39, 0.29) is 17.7 Å². The molecular weight excluding hydrogens is 330 g/mol. The molecule has 0 radical (unpaired) electrons. The lowest BCUT2D eigenvalue weighted by atomic mass is 10.1. The van der Waals surface area contributed by atoms with Crippen LogP contribution in [0.3, 0.4) is 0 Å². The maximum atomic E-state index is 12.0. The van der Waals surface area contributed by atoms with E-state index in [4.69, 9.17) is 9.47 Å². The van der Waals surface area contributed by atoms with Crippen LogP contribution in [0.4, 0.5) is 0 Å². The lowest BCUT2D eigenvalue weighted by molar-refractivity contribution is -0.121. The van der Waals surface area contributed by atoms with Crippen molar-refractivity contribution in [2.24, 2.45) is 0 Å². The summed E-state index contributed by atoms with van der Waals surface area (Å²) < 4.78 is 11.0. The summed E-state index contributed by atoms with van der Waals surface area (Å²) in [6.45, 7) is 6.19. The molecule has 26 heavy (non-hydrogen) atoms. The molecule has 1 amide bonds. The van der Waals surface area contributed by atoms with Crippen LogP contribution < -0.4 is 14.8 Å². The van der Waals surface area contributed by atoms with Crippen LogP contribution in [0.25, 0.3) is 0 Å². The fourth-order valence-electron chi connectivity index (χ4n) is 2.72. The molecule has 0 aliphatic carbocycles. The molecule has 0 saturated heterocycles. The molecule has 146 valence electrons. The molecule has 0 bridgehead atoms. The summed E-state index contributed by atoms with van der Waals surface area (Å²) in [7, 11) is 1.54. The van der Waals surface area contributed by atoms with E-state index in [1.54, 1.807) is 25.3 Å². The molecule has 5 nitrogen and oxygen atoms in total. The van der Waals surface area contributed by atoms with E-state index < -0.39 is 0 Å². The van der Waals surface area contributed by atoms with Gasteiger partial charge in [-0.05, 0) is 44.9 Å². The van der Waals surface area contributed by atoms with Crippen LogP contribution >= 0.6 is 0 Å². The Morgan fingerprint density at radius 2 is 1.88 bits per heavy atom. The van der Waals surface area contributed by atoms with Crippen molar-refractivity contribution in [2.75, 3.05) is 13.7 Å². The average Bonchev–Trinajstić information content (AvgIpc) is 2.62. The number of hydrogen-bond donors (Lipinski definition) is 1. The summed E-state index contributed by atoms with van der Waals surface area (Å²) in [6.07, 6.45) is 6.97. The van der Waals surface area contributed by atoms with Crippen LogP contribution in [0.15, 0.2) is 18.2 Å². The van der Waals surface area contributed by atoms with Gasteiger partial charge in [-0.25, -0.2) is 0 Å². The first kappa shape index (κ1) is 22.0. The highest BCUT2D eigenvalue weighted by Gasteiger charge is 2.10. The summed E-state index contributed by atoms with van der Waals surface area (Å²) in [5.74, 6) is 1.16. The van der Waals surface area contributed by atoms with Gasteiger partial charge in [0.15, 0.2) is 17.3 Å². The van der Waals surface area contributed by atoms with E-state index in [1.165, 1.54) is 26.2 Å². The highest BCUT2D eigenvalue weighted by Crippen LogP contribution is 2.28. The van der Waals surface area contributed by atoms with Gasteiger partial charge < -0.3 is 14.8 Å². The number of nitrogens with one attached hydrogen (secondary N) is 1. The van der Waals surface area contributed by atoms with Crippen molar-refractivity contribution in [1.29, 1.82) is 0 Å². The standard InChI is InChI=1S/C21H33NO4/c1-5-6-7-8-10-16(2)22-21(24)11-9-14-26-19-13-12-18(17(3)23)15-20(19)25-4/h12-13,15-16H,5-11,14H2,1-4H3,(H,22,24). The van der Waals surface area contributed by atoms with Crippen LogP contribution in [0.5, 0.6) is 11.5 Å². The highest BCUT2D eigenvalue weighted by molar-refractivity contribution is 5.94. The summed E-state index contributed by atoms with van der Waals surface area (Å²) in [6, 6.07) is 5.34. The molecule has 1 aromatic rings. The molecule has 1 atom stereocenters. The Morgan fingerprint density at radius 3 is 2.54 bits per heavy atom. The number of ether oxygens (including phenoxy) is 2. The Kier molecular flexibility index (Phi) is 10.4. The van der Waals surface area contributed by atoms with Gasteiger partial charge >= 0.3 is 0 Å². The number of methoxy groups -OCH3 is 1. The predicted molar refractivity (Wildman–Crippen MR) is 104 cm³/mol. The van der Waals surface area contributed by atoms with Gasteiger partial charge in [0.2, 0.25) is 5.91 Å². The first-order valence-electron chi connectivity index (χ1n) is 9.59. The van der Waals surface area contributed by atoms with Gasteiger partial charge in [0, 0.05) is 18.0 Å². The number of ketones is 1. The van der Waals surface area contributed by atoms with Gasteiger partial charge in [0.05, 0.1) is 13.7 Å². The largest absolute Gasteiger partial charge is 0.493 e. The second-order valence-corrected chi connectivity index (χ2v) is 6.69. The maximum absolute atomic E-state index is 12.0. The summed E-state index contributed by atoms with van der Waals surface area (Å²) in [4.78, 5) is 23.4. The highest BCUT2D eigenvalue weighted by atomic mass is 16.5. The fraction of sp³-hybridized carbons (Fsp3) is 0.619. The molecule has 1 rings (SSSR count). The molecule has 0 saturated carbocycles. The van der Waals surface area contributed by atoms with Crippen molar-refractivity contribution in [3.8, 4) is 11.5 Å². The van der Waals surface area contributed by atoms with Crippen molar-refractivity contribution in [2.45, 2.75) is 71.8 Å². The molecule has 0 aromatic heterocycles. The Morgan fingerprint density at radius 1 is 1.12 bits per heavy atom. The van der Waals surface area contributed by atoms with Crippen LogP contribution in [0.2, 0.25) is 0 Å². The maximum Gasteiger partial charge on any atom is 0.220 e. The third-order valence-corrected chi connectivity index (χ3v) is 4.27. The van der Waals surface area contributed by atoms with Crippen LogP contribution in [-0.2, 0) is 4.79 Å². The van der Waals surface area contributed by atoms with E-state index in [1.807, 2.05) is 0 Å². The van der Waals surface area contributed by atoms with Crippen molar-refractivity contribution < 1.29 is 19.1 Å². The second kappa shape index (κ2) is 12.3. The Labute approximate surface area is 157 Å².